The predicted octanol–water partition coefficient (Wildman–Crippen LogP) is 1.75. The molecule has 1 aromatic carbocycles. The second-order valence-electron chi connectivity index (χ2n) is 4.30. The van der Waals surface area contributed by atoms with Gasteiger partial charge in [0.15, 0.2) is 5.76 Å². The van der Waals surface area contributed by atoms with Crippen LogP contribution in [0.25, 0.3) is 0 Å². The van der Waals surface area contributed by atoms with Crippen LogP contribution in [-0.2, 0) is 0 Å². The molecule has 0 saturated carbocycles. The van der Waals surface area contributed by atoms with Crippen molar-refractivity contribution in [1.29, 1.82) is 0 Å². The average molecular weight is 272 g/mol. The van der Waals surface area contributed by atoms with E-state index in [1.165, 1.54) is 6.26 Å². The quantitative estimate of drug-likeness (QED) is 0.814. The van der Waals surface area contributed by atoms with E-state index in [1.807, 2.05) is 25.1 Å². The molecule has 0 spiro atoms. The molecule has 2 rings (SSSR count). The maximum atomic E-state index is 11.9. The smallest absolute Gasteiger partial charge is 0.287 e. The summed E-state index contributed by atoms with van der Waals surface area (Å²) in [6, 6.07) is 10.6. The van der Waals surface area contributed by atoms with Crippen LogP contribution < -0.4 is 10.6 Å². The first kappa shape index (κ1) is 13.9. The van der Waals surface area contributed by atoms with Gasteiger partial charge in [0.1, 0.15) is 0 Å². The number of amides is 2. The van der Waals surface area contributed by atoms with E-state index in [2.05, 4.69) is 10.6 Å². The van der Waals surface area contributed by atoms with Crippen molar-refractivity contribution >= 4 is 11.8 Å². The zero-order valence-corrected chi connectivity index (χ0v) is 11.2. The zero-order valence-electron chi connectivity index (χ0n) is 11.2. The Morgan fingerprint density at radius 3 is 2.35 bits per heavy atom. The Labute approximate surface area is 117 Å². The van der Waals surface area contributed by atoms with Gasteiger partial charge in [-0.3, -0.25) is 9.59 Å². The van der Waals surface area contributed by atoms with Gasteiger partial charge in [-0.15, -0.1) is 0 Å². The lowest BCUT2D eigenvalue weighted by atomic mass is 10.1. The number of nitrogens with one attached hydrogen (secondary N) is 2. The summed E-state index contributed by atoms with van der Waals surface area (Å²) in [6.45, 7) is 2.59. The van der Waals surface area contributed by atoms with E-state index in [-0.39, 0.29) is 17.6 Å². The molecule has 0 saturated heterocycles. The van der Waals surface area contributed by atoms with E-state index in [0.717, 1.165) is 5.56 Å². The van der Waals surface area contributed by atoms with Gasteiger partial charge >= 0.3 is 0 Å². The number of hydrogen-bond donors (Lipinski definition) is 2. The van der Waals surface area contributed by atoms with Crippen LogP contribution in [0, 0.1) is 6.92 Å². The number of aryl methyl sites for hydroxylation is 1. The van der Waals surface area contributed by atoms with Gasteiger partial charge < -0.3 is 15.1 Å². The molecule has 0 radical (unpaired) electrons. The molecular weight excluding hydrogens is 256 g/mol. The molecule has 0 atom stereocenters. The molecule has 0 aliphatic heterocycles. The van der Waals surface area contributed by atoms with Crippen LogP contribution in [0.2, 0.25) is 0 Å². The molecule has 0 aliphatic rings. The van der Waals surface area contributed by atoms with Gasteiger partial charge in [-0.05, 0) is 30.7 Å². The first-order valence-corrected chi connectivity index (χ1v) is 6.34. The van der Waals surface area contributed by atoms with Crippen molar-refractivity contribution in [2.24, 2.45) is 0 Å². The first-order chi connectivity index (χ1) is 9.68. The predicted molar refractivity (Wildman–Crippen MR) is 74.6 cm³/mol. The SMILES string of the molecule is Cc1ccccc1C(=O)NCCNC(=O)c1ccco1. The van der Waals surface area contributed by atoms with E-state index in [0.29, 0.717) is 18.7 Å². The molecule has 1 aromatic heterocycles. The van der Waals surface area contributed by atoms with Crippen LogP contribution in [0.4, 0.5) is 0 Å². The Bertz CT molecular complexity index is 591. The van der Waals surface area contributed by atoms with E-state index < -0.39 is 0 Å². The van der Waals surface area contributed by atoms with Crippen LogP contribution in [0.1, 0.15) is 26.5 Å². The lowest BCUT2D eigenvalue weighted by Crippen LogP contribution is -2.34. The van der Waals surface area contributed by atoms with Crippen LogP contribution in [0.3, 0.4) is 0 Å². The summed E-state index contributed by atoms with van der Waals surface area (Å²) in [5.74, 6) is -0.175. The Morgan fingerprint density at radius 2 is 1.70 bits per heavy atom. The third-order valence-corrected chi connectivity index (χ3v) is 2.83. The van der Waals surface area contributed by atoms with Gasteiger partial charge in [0, 0.05) is 18.7 Å². The van der Waals surface area contributed by atoms with Crippen molar-refractivity contribution in [2.75, 3.05) is 13.1 Å². The average Bonchev–Trinajstić information content (AvgIpc) is 2.98. The fourth-order valence-electron chi connectivity index (χ4n) is 1.77. The van der Waals surface area contributed by atoms with E-state index in [4.69, 9.17) is 4.42 Å². The van der Waals surface area contributed by atoms with E-state index >= 15 is 0 Å². The summed E-state index contributed by atoms with van der Waals surface area (Å²) >= 11 is 0. The van der Waals surface area contributed by atoms with Gasteiger partial charge in [-0.25, -0.2) is 0 Å². The van der Waals surface area contributed by atoms with Crippen molar-refractivity contribution in [1.82, 2.24) is 10.6 Å². The fraction of sp³-hybridized carbons (Fsp3) is 0.200. The summed E-state index contributed by atoms with van der Waals surface area (Å²) in [7, 11) is 0. The van der Waals surface area contributed by atoms with E-state index in [9.17, 15) is 9.59 Å². The highest BCUT2D eigenvalue weighted by Gasteiger charge is 2.09. The molecule has 5 nitrogen and oxygen atoms in total. The maximum Gasteiger partial charge on any atom is 0.287 e. The Balaban J connectivity index is 1.75. The summed E-state index contributed by atoms with van der Waals surface area (Å²) < 4.78 is 4.96. The second kappa shape index (κ2) is 6.56. The number of furan rings is 1. The minimum Gasteiger partial charge on any atom is -0.459 e. The van der Waals surface area contributed by atoms with Gasteiger partial charge in [0.25, 0.3) is 11.8 Å². The third-order valence-electron chi connectivity index (χ3n) is 2.83. The second-order valence-corrected chi connectivity index (χ2v) is 4.30. The fourth-order valence-corrected chi connectivity index (χ4v) is 1.77. The summed E-state index contributed by atoms with van der Waals surface area (Å²) in [5, 5.41) is 5.42. The minimum atomic E-state index is -0.292. The summed E-state index contributed by atoms with van der Waals surface area (Å²) in [6.07, 6.45) is 1.44. The van der Waals surface area contributed by atoms with Crippen molar-refractivity contribution in [3.63, 3.8) is 0 Å². The summed E-state index contributed by atoms with van der Waals surface area (Å²) in [4.78, 5) is 23.5. The molecule has 0 unspecified atom stereocenters. The zero-order chi connectivity index (χ0) is 14.4. The van der Waals surface area contributed by atoms with Gasteiger partial charge in [-0.1, -0.05) is 18.2 Å². The lowest BCUT2D eigenvalue weighted by molar-refractivity contribution is 0.0910. The lowest BCUT2D eigenvalue weighted by Gasteiger charge is -2.08. The largest absolute Gasteiger partial charge is 0.459 e. The maximum absolute atomic E-state index is 11.9. The molecule has 0 bridgehead atoms. The number of carbonyl (C=O) groups is 2. The highest BCUT2D eigenvalue weighted by atomic mass is 16.3. The van der Waals surface area contributed by atoms with Gasteiger partial charge in [-0.2, -0.15) is 0 Å². The van der Waals surface area contributed by atoms with Crippen LogP contribution in [0.5, 0.6) is 0 Å². The molecule has 1 heterocycles. The number of carbonyl (C=O) groups excluding carboxylic acids is 2. The Hall–Kier alpha value is -2.56. The van der Waals surface area contributed by atoms with Crippen LogP contribution in [0.15, 0.2) is 47.1 Å². The van der Waals surface area contributed by atoms with E-state index in [1.54, 1.807) is 18.2 Å². The van der Waals surface area contributed by atoms with Crippen molar-refractivity contribution in [3.8, 4) is 0 Å². The Morgan fingerprint density at radius 1 is 1.00 bits per heavy atom. The summed E-state index contributed by atoms with van der Waals surface area (Å²) in [5.41, 5.74) is 1.56. The van der Waals surface area contributed by atoms with Gasteiger partial charge in [0.05, 0.1) is 6.26 Å². The van der Waals surface area contributed by atoms with Crippen molar-refractivity contribution < 1.29 is 14.0 Å². The minimum absolute atomic E-state index is 0.143. The molecule has 5 heteroatoms. The molecule has 20 heavy (non-hydrogen) atoms. The highest BCUT2D eigenvalue weighted by Crippen LogP contribution is 2.06. The topological polar surface area (TPSA) is 71.3 Å². The molecule has 0 fully saturated rings. The Kier molecular flexibility index (Phi) is 4.55. The molecular formula is C15H16N2O3. The number of hydrogen-bond acceptors (Lipinski definition) is 3. The van der Waals surface area contributed by atoms with Crippen LogP contribution in [-0.4, -0.2) is 24.9 Å². The van der Waals surface area contributed by atoms with Gasteiger partial charge in [0.2, 0.25) is 0 Å². The molecule has 2 amide bonds. The molecule has 2 aromatic rings. The number of benzene rings is 1. The standard InChI is InChI=1S/C15H16N2O3/c1-11-5-2-3-6-12(11)14(18)16-8-9-17-15(19)13-7-4-10-20-13/h2-7,10H,8-9H2,1H3,(H,16,18)(H,17,19). The number of rotatable bonds is 5. The molecule has 2 N–H and O–H groups in total. The van der Waals surface area contributed by atoms with Crippen LogP contribution >= 0.6 is 0 Å². The third kappa shape index (κ3) is 3.47. The van der Waals surface area contributed by atoms with Crippen molar-refractivity contribution in [2.45, 2.75) is 6.92 Å². The first-order valence-electron chi connectivity index (χ1n) is 6.34. The highest BCUT2D eigenvalue weighted by molar-refractivity contribution is 5.95. The molecule has 104 valence electrons. The van der Waals surface area contributed by atoms with Crippen molar-refractivity contribution in [3.05, 3.63) is 59.5 Å². The molecule has 0 aliphatic carbocycles. The monoisotopic (exact) mass is 272 g/mol. The normalized spacial score (nSPS) is 10.1.